The van der Waals surface area contributed by atoms with Crippen molar-refractivity contribution in [3.8, 4) is 11.1 Å². The van der Waals surface area contributed by atoms with E-state index in [9.17, 15) is 18.0 Å². The molecule has 14 heteroatoms. The van der Waals surface area contributed by atoms with Crippen molar-refractivity contribution < 1.29 is 27.5 Å². The molecule has 4 bridgehead atoms. The van der Waals surface area contributed by atoms with Crippen LogP contribution in [0.25, 0.3) is 21.3 Å². The number of Topliss-reactive ketones (excluding diaryl/α,β-unsaturated/α-hetero) is 2. The molecule has 0 spiro atoms. The molecule has 12 nitrogen and oxygen atoms in total. The highest BCUT2D eigenvalue weighted by molar-refractivity contribution is 7.89. The minimum absolute atomic E-state index is 0.00803. The summed E-state index contributed by atoms with van der Waals surface area (Å²) >= 11 is 1.54. The number of thiazole rings is 1. The normalized spacial score (nSPS) is 25.4. The van der Waals surface area contributed by atoms with Crippen LogP contribution >= 0.6 is 11.3 Å². The fraction of sp³-hybridized carbons (Fsp3) is 0.489. The standard InChI is InChI=1S/C45H50N6O6S2/c1-29-35(24-46-51(29)28-44-20-30-18-31(21-44)23-45(22-30,27-44)56-2)34-10-11-41(48-43(34)39(53)26-59(54,55)50-14-16-57-17-15-50)49-13-12-32-6-5-7-33(36(32)25-49)38(52)19-42-47-37-8-3-4-9-40(37)58-42/h3-11,24,30-31H,12-23,25-28H2,1-2H3. The Morgan fingerprint density at radius 2 is 1.73 bits per heavy atom. The molecule has 5 fully saturated rings. The number of sulfonamides is 1. The summed E-state index contributed by atoms with van der Waals surface area (Å²) in [6.45, 7) is 4.87. The number of rotatable bonds is 12. The van der Waals surface area contributed by atoms with Crippen LogP contribution in [0.1, 0.15) is 81.2 Å². The van der Waals surface area contributed by atoms with Gasteiger partial charge < -0.3 is 14.4 Å². The monoisotopic (exact) mass is 834 g/mol. The highest BCUT2D eigenvalue weighted by atomic mass is 32.2. The molecule has 11 rings (SSSR count). The van der Waals surface area contributed by atoms with E-state index in [1.165, 1.54) is 23.6 Å². The van der Waals surface area contributed by atoms with Crippen molar-refractivity contribution >= 4 is 49.0 Å². The average molecular weight is 835 g/mol. The number of morpholine rings is 1. The van der Waals surface area contributed by atoms with E-state index in [0.717, 1.165) is 63.4 Å². The van der Waals surface area contributed by atoms with Crippen molar-refractivity contribution in [3.63, 3.8) is 0 Å². The largest absolute Gasteiger partial charge is 0.379 e. The van der Waals surface area contributed by atoms with Gasteiger partial charge in [0.15, 0.2) is 11.6 Å². The van der Waals surface area contributed by atoms with E-state index in [0.29, 0.717) is 61.5 Å². The molecule has 4 saturated carbocycles. The summed E-state index contributed by atoms with van der Waals surface area (Å²) in [5, 5.41) is 5.70. The van der Waals surface area contributed by atoms with Gasteiger partial charge in [-0.3, -0.25) is 14.3 Å². The molecule has 0 N–H and O–H groups in total. The maximum Gasteiger partial charge on any atom is 0.221 e. The Balaban J connectivity index is 0.961. The van der Waals surface area contributed by atoms with Crippen LogP contribution in [0.3, 0.4) is 0 Å². The van der Waals surface area contributed by atoms with Gasteiger partial charge in [-0.2, -0.15) is 9.40 Å². The zero-order chi connectivity index (χ0) is 40.5. The number of fused-ring (bicyclic) bond motifs is 2. The third kappa shape index (κ3) is 7.24. The Morgan fingerprint density at radius 3 is 2.51 bits per heavy atom. The van der Waals surface area contributed by atoms with Crippen molar-refractivity contribution in [1.29, 1.82) is 0 Å². The van der Waals surface area contributed by atoms with E-state index in [2.05, 4.69) is 15.6 Å². The van der Waals surface area contributed by atoms with Crippen molar-refractivity contribution in [2.75, 3.05) is 50.6 Å². The molecule has 5 aromatic rings. The summed E-state index contributed by atoms with van der Waals surface area (Å²) in [4.78, 5) is 40.1. The van der Waals surface area contributed by atoms with Gasteiger partial charge in [0.05, 0.1) is 41.6 Å². The van der Waals surface area contributed by atoms with Gasteiger partial charge in [0.1, 0.15) is 22.3 Å². The van der Waals surface area contributed by atoms with Crippen molar-refractivity contribution in [3.05, 3.63) is 93.9 Å². The molecule has 5 heterocycles. The summed E-state index contributed by atoms with van der Waals surface area (Å²) in [6, 6.07) is 17.6. The van der Waals surface area contributed by atoms with Crippen molar-refractivity contribution in [1.82, 2.24) is 24.1 Å². The van der Waals surface area contributed by atoms with Crippen molar-refractivity contribution in [2.45, 2.75) is 77.0 Å². The maximum absolute atomic E-state index is 14.4. The summed E-state index contributed by atoms with van der Waals surface area (Å²) in [6.07, 6.45) is 9.68. The van der Waals surface area contributed by atoms with Crippen LogP contribution in [0.15, 0.2) is 60.8 Å². The first kappa shape index (κ1) is 38.8. The van der Waals surface area contributed by atoms with Crippen LogP contribution in [-0.4, -0.2) is 95.3 Å². The topological polar surface area (TPSA) is 137 Å². The zero-order valence-corrected chi connectivity index (χ0v) is 35.3. The zero-order valence-electron chi connectivity index (χ0n) is 33.7. The number of benzene rings is 2. The minimum atomic E-state index is -3.93. The van der Waals surface area contributed by atoms with Gasteiger partial charge in [0, 0.05) is 62.2 Å². The van der Waals surface area contributed by atoms with E-state index in [-0.39, 0.29) is 42.0 Å². The fourth-order valence-electron chi connectivity index (χ4n) is 11.4. The first-order chi connectivity index (χ1) is 28.5. The number of hydrogen-bond acceptors (Lipinski definition) is 11. The Bertz CT molecular complexity index is 2530. The molecule has 0 radical (unpaired) electrons. The van der Waals surface area contributed by atoms with E-state index < -0.39 is 21.6 Å². The summed E-state index contributed by atoms with van der Waals surface area (Å²) < 4.78 is 43.4. The average Bonchev–Trinajstić information content (AvgIpc) is 3.81. The second-order valence-corrected chi connectivity index (χ2v) is 20.8. The maximum atomic E-state index is 14.4. The number of para-hydroxylation sites is 1. The number of nitrogens with zero attached hydrogens (tertiary/aromatic N) is 6. The van der Waals surface area contributed by atoms with Gasteiger partial charge in [0.25, 0.3) is 0 Å². The van der Waals surface area contributed by atoms with Gasteiger partial charge in [-0.05, 0) is 105 Å². The molecular weight excluding hydrogens is 785 g/mol. The van der Waals surface area contributed by atoms with Gasteiger partial charge in [-0.25, -0.2) is 18.4 Å². The number of carbonyl (C=O) groups is 2. The molecule has 2 aliphatic heterocycles. The molecule has 2 aromatic carbocycles. The third-order valence-electron chi connectivity index (χ3n) is 13.8. The number of carbonyl (C=O) groups excluding carboxylic acids is 2. The van der Waals surface area contributed by atoms with E-state index >= 15 is 0 Å². The second-order valence-electron chi connectivity index (χ2n) is 17.7. The molecule has 308 valence electrons. The van der Waals surface area contributed by atoms with Crippen LogP contribution in [0.2, 0.25) is 0 Å². The highest BCUT2D eigenvalue weighted by Gasteiger charge is 2.58. The number of methoxy groups -OCH3 is 1. The smallest absolute Gasteiger partial charge is 0.221 e. The lowest BCUT2D eigenvalue weighted by molar-refractivity contribution is -0.184. The van der Waals surface area contributed by atoms with Crippen LogP contribution < -0.4 is 4.90 Å². The highest BCUT2D eigenvalue weighted by Crippen LogP contribution is 2.63. The number of ether oxygens (including phenoxy) is 2. The predicted octanol–water partition coefficient (Wildman–Crippen LogP) is 6.68. The quantitative estimate of drug-likeness (QED) is 0.125. The molecule has 1 saturated heterocycles. The molecule has 4 aliphatic carbocycles. The number of ketones is 2. The first-order valence-electron chi connectivity index (χ1n) is 20.9. The molecule has 59 heavy (non-hydrogen) atoms. The Labute approximate surface area is 349 Å². The Kier molecular flexibility index (Phi) is 9.86. The van der Waals surface area contributed by atoms with Gasteiger partial charge >= 0.3 is 0 Å². The molecule has 6 aliphatic rings. The lowest BCUT2D eigenvalue weighted by Gasteiger charge is -2.61. The number of aromatic nitrogens is 4. The lowest BCUT2D eigenvalue weighted by Crippen LogP contribution is -2.57. The fourth-order valence-corrected chi connectivity index (χ4v) is 13.8. The minimum Gasteiger partial charge on any atom is -0.379 e. The van der Waals surface area contributed by atoms with Gasteiger partial charge in [-0.1, -0.05) is 30.3 Å². The SMILES string of the molecule is COC12CC3CC(CC(Cn4ncc(-c5ccc(N6CCc7cccc(C(=O)Cc8nc9ccccc9s8)c7C6)nc5C(=O)CS(=O)(=O)N5CCOCC5)c4C)(C3)C1)C2. The third-order valence-corrected chi connectivity index (χ3v) is 16.6. The first-order valence-corrected chi connectivity index (χ1v) is 23.3. The van der Waals surface area contributed by atoms with E-state index in [4.69, 9.17) is 24.5 Å². The summed E-state index contributed by atoms with van der Waals surface area (Å²) in [5.41, 5.74) is 6.06. The van der Waals surface area contributed by atoms with Crippen LogP contribution in [-0.2, 0) is 45.4 Å². The Hall–Kier alpha value is -4.34. The second kappa shape index (κ2) is 15.0. The Morgan fingerprint density at radius 1 is 0.932 bits per heavy atom. The van der Waals surface area contributed by atoms with Crippen LogP contribution in [0.5, 0.6) is 0 Å². The van der Waals surface area contributed by atoms with Crippen LogP contribution in [0, 0.1) is 24.2 Å². The molecule has 0 amide bonds. The lowest BCUT2D eigenvalue weighted by atomic mass is 9.48. The number of anilines is 1. The molecule has 3 aromatic heterocycles. The molecule has 2 unspecified atom stereocenters. The number of pyridine rings is 1. The van der Waals surface area contributed by atoms with Gasteiger partial charge in [-0.15, -0.1) is 11.3 Å². The predicted molar refractivity (Wildman–Crippen MR) is 226 cm³/mol. The summed E-state index contributed by atoms with van der Waals surface area (Å²) in [5.74, 6) is 0.665. The number of hydrogen-bond donors (Lipinski definition) is 0. The summed E-state index contributed by atoms with van der Waals surface area (Å²) in [7, 11) is -2.05. The molecule has 2 atom stereocenters. The molecular formula is C45H50N6O6S2. The van der Waals surface area contributed by atoms with E-state index in [1.807, 2.05) is 68.8 Å². The van der Waals surface area contributed by atoms with E-state index in [1.54, 1.807) is 11.3 Å². The van der Waals surface area contributed by atoms with Crippen molar-refractivity contribution in [2.24, 2.45) is 17.3 Å². The van der Waals surface area contributed by atoms with Crippen LogP contribution in [0.4, 0.5) is 5.82 Å². The van der Waals surface area contributed by atoms with Gasteiger partial charge in [0.2, 0.25) is 10.0 Å².